The average molecular weight is 301 g/mol. The van der Waals surface area contributed by atoms with Crippen LogP contribution in [0.25, 0.3) is 11.0 Å². The van der Waals surface area contributed by atoms with Crippen LogP contribution in [-0.2, 0) is 0 Å². The van der Waals surface area contributed by atoms with Gasteiger partial charge >= 0.3 is 5.63 Å². The van der Waals surface area contributed by atoms with E-state index in [2.05, 4.69) is 15.2 Å². The zero-order valence-corrected chi connectivity index (χ0v) is 12.1. The van der Waals surface area contributed by atoms with Crippen molar-refractivity contribution in [1.82, 2.24) is 4.98 Å². The molecule has 0 aliphatic carbocycles. The lowest BCUT2D eigenvalue weighted by atomic mass is 10.1. The van der Waals surface area contributed by atoms with Gasteiger partial charge in [-0.25, -0.2) is 9.78 Å². The molecule has 0 spiro atoms. The third kappa shape index (κ3) is 2.55. The summed E-state index contributed by atoms with van der Waals surface area (Å²) in [5, 5.41) is 20.9. The van der Waals surface area contributed by atoms with E-state index in [1.54, 1.807) is 13.0 Å². The summed E-state index contributed by atoms with van der Waals surface area (Å²) in [6.45, 7) is 3.65. The maximum Gasteiger partial charge on any atom is 0.336 e. The number of aryl methyl sites for hydroxylation is 2. The number of azo groups is 1. The van der Waals surface area contributed by atoms with Gasteiger partial charge in [-0.15, -0.1) is 21.6 Å². The molecule has 0 bridgehead atoms. The smallest absolute Gasteiger partial charge is 0.336 e. The molecule has 106 valence electrons. The molecule has 7 heteroatoms. The molecule has 0 amide bonds. The van der Waals surface area contributed by atoms with Crippen molar-refractivity contribution in [3.05, 3.63) is 45.3 Å². The molecule has 3 rings (SSSR count). The zero-order chi connectivity index (χ0) is 15.0. The van der Waals surface area contributed by atoms with Crippen molar-refractivity contribution in [3.63, 3.8) is 0 Å². The van der Waals surface area contributed by atoms with Crippen LogP contribution in [0.1, 0.15) is 11.3 Å². The Labute approximate surface area is 123 Å². The first kappa shape index (κ1) is 13.4. The molecule has 1 aromatic carbocycles. The monoisotopic (exact) mass is 301 g/mol. The molecule has 2 aromatic heterocycles. The first-order valence-corrected chi connectivity index (χ1v) is 7.03. The summed E-state index contributed by atoms with van der Waals surface area (Å²) in [4.78, 5) is 15.7. The van der Waals surface area contributed by atoms with Crippen LogP contribution in [0.4, 0.5) is 10.8 Å². The third-order valence-electron chi connectivity index (χ3n) is 2.91. The van der Waals surface area contributed by atoms with Crippen molar-refractivity contribution < 1.29 is 9.52 Å². The van der Waals surface area contributed by atoms with E-state index >= 15 is 0 Å². The number of phenols is 1. The minimum atomic E-state index is -0.493. The van der Waals surface area contributed by atoms with Crippen molar-refractivity contribution >= 4 is 33.1 Å². The van der Waals surface area contributed by atoms with Gasteiger partial charge in [0.2, 0.25) is 5.13 Å². The van der Waals surface area contributed by atoms with E-state index in [9.17, 15) is 9.90 Å². The van der Waals surface area contributed by atoms with E-state index in [0.29, 0.717) is 10.5 Å². The maximum absolute atomic E-state index is 11.5. The van der Waals surface area contributed by atoms with E-state index in [4.69, 9.17) is 4.42 Å². The Bertz CT molecular complexity index is 911. The SMILES string of the molecule is Cc1csc(N=Nc2c(O)ccc3c(C)cc(=O)oc23)n1. The molecule has 2 heterocycles. The van der Waals surface area contributed by atoms with Crippen LogP contribution in [0, 0.1) is 13.8 Å². The summed E-state index contributed by atoms with van der Waals surface area (Å²) in [6, 6.07) is 4.57. The van der Waals surface area contributed by atoms with Crippen LogP contribution in [0.2, 0.25) is 0 Å². The fourth-order valence-electron chi connectivity index (χ4n) is 1.94. The molecule has 0 atom stereocenters. The van der Waals surface area contributed by atoms with Gasteiger partial charge in [0.05, 0.1) is 5.69 Å². The van der Waals surface area contributed by atoms with Gasteiger partial charge in [-0.05, 0) is 31.5 Å². The summed E-state index contributed by atoms with van der Waals surface area (Å²) in [6.07, 6.45) is 0. The average Bonchev–Trinajstić information content (AvgIpc) is 2.83. The lowest BCUT2D eigenvalue weighted by Crippen LogP contribution is -1.97. The highest BCUT2D eigenvalue weighted by Gasteiger charge is 2.12. The summed E-state index contributed by atoms with van der Waals surface area (Å²) in [5.74, 6) is -0.103. The number of nitrogens with zero attached hydrogens (tertiary/aromatic N) is 3. The second kappa shape index (κ2) is 5.10. The predicted octanol–water partition coefficient (Wildman–Crippen LogP) is 3.99. The van der Waals surface area contributed by atoms with Crippen LogP contribution in [0.5, 0.6) is 5.75 Å². The summed E-state index contributed by atoms with van der Waals surface area (Å²) < 4.78 is 5.16. The number of hydrogen-bond donors (Lipinski definition) is 1. The predicted molar refractivity (Wildman–Crippen MR) is 79.9 cm³/mol. The molecular formula is C14H11N3O3S. The van der Waals surface area contributed by atoms with Gasteiger partial charge in [0, 0.05) is 16.8 Å². The molecule has 0 aliphatic heterocycles. The van der Waals surface area contributed by atoms with Crippen molar-refractivity contribution in [3.8, 4) is 5.75 Å². The molecule has 0 saturated carbocycles. The fraction of sp³-hybridized carbons (Fsp3) is 0.143. The Morgan fingerprint density at radius 2 is 2.10 bits per heavy atom. The Kier molecular flexibility index (Phi) is 3.26. The van der Waals surface area contributed by atoms with Crippen molar-refractivity contribution in [2.24, 2.45) is 10.2 Å². The highest BCUT2D eigenvalue weighted by atomic mass is 32.1. The third-order valence-corrected chi connectivity index (χ3v) is 3.76. The number of thiazole rings is 1. The van der Waals surface area contributed by atoms with Gasteiger partial charge in [0.15, 0.2) is 11.3 Å². The first-order chi connectivity index (χ1) is 10.0. The van der Waals surface area contributed by atoms with Crippen molar-refractivity contribution in [1.29, 1.82) is 0 Å². The topological polar surface area (TPSA) is 88.0 Å². The van der Waals surface area contributed by atoms with Gasteiger partial charge in [-0.2, -0.15) is 0 Å². The van der Waals surface area contributed by atoms with Crippen LogP contribution in [0.15, 0.2) is 43.0 Å². The van der Waals surface area contributed by atoms with E-state index < -0.39 is 5.63 Å². The second-order valence-corrected chi connectivity index (χ2v) is 5.37. The molecule has 0 unspecified atom stereocenters. The zero-order valence-electron chi connectivity index (χ0n) is 11.3. The van der Waals surface area contributed by atoms with E-state index in [1.165, 1.54) is 23.5 Å². The molecule has 0 saturated heterocycles. The largest absolute Gasteiger partial charge is 0.505 e. The van der Waals surface area contributed by atoms with E-state index in [0.717, 1.165) is 11.3 Å². The van der Waals surface area contributed by atoms with Crippen LogP contribution in [0.3, 0.4) is 0 Å². The van der Waals surface area contributed by atoms with E-state index in [1.807, 2.05) is 12.3 Å². The van der Waals surface area contributed by atoms with Gasteiger partial charge in [0.25, 0.3) is 0 Å². The van der Waals surface area contributed by atoms with Crippen LogP contribution < -0.4 is 5.63 Å². The Morgan fingerprint density at radius 1 is 1.29 bits per heavy atom. The van der Waals surface area contributed by atoms with Crippen molar-refractivity contribution in [2.45, 2.75) is 13.8 Å². The van der Waals surface area contributed by atoms with Crippen molar-refractivity contribution in [2.75, 3.05) is 0 Å². The summed E-state index contributed by atoms with van der Waals surface area (Å²) in [5.41, 5.74) is 1.45. The highest BCUT2D eigenvalue weighted by molar-refractivity contribution is 7.13. The molecule has 21 heavy (non-hydrogen) atoms. The van der Waals surface area contributed by atoms with Gasteiger partial charge < -0.3 is 9.52 Å². The first-order valence-electron chi connectivity index (χ1n) is 6.15. The van der Waals surface area contributed by atoms with Gasteiger partial charge in [0.1, 0.15) is 5.75 Å². The minimum Gasteiger partial charge on any atom is -0.505 e. The lowest BCUT2D eigenvalue weighted by Gasteiger charge is -2.04. The van der Waals surface area contributed by atoms with Gasteiger partial charge in [-0.3, -0.25) is 0 Å². The second-order valence-electron chi connectivity index (χ2n) is 4.53. The summed E-state index contributed by atoms with van der Waals surface area (Å²) >= 11 is 1.34. The highest BCUT2D eigenvalue weighted by Crippen LogP contribution is 2.36. The number of hydrogen-bond acceptors (Lipinski definition) is 7. The molecule has 0 fully saturated rings. The summed E-state index contributed by atoms with van der Waals surface area (Å²) in [7, 11) is 0. The maximum atomic E-state index is 11.5. The Balaban J connectivity index is 2.19. The molecular weight excluding hydrogens is 290 g/mol. The number of fused-ring (bicyclic) bond motifs is 1. The standard InChI is InChI=1S/C14H11N3O3S/c1-7-5-11(19)20-13-9(7)3-4-10(18)12(13)16-17-14-15-8(2)6-21-14/h3-6,18H,1-2H3. The van der Waals surface area contributed by atoms with Crippen LogP contribution in [-0.4, -0.2) is 10.1 Å². The number of benzene rings is 1. The fourth-order valence-corrected chi connectivity index (χ4v) is 2.55. The molecule has 6 nitrogen and oxygen atoms in total. The number of phenolic OH excluding ortho intramolecular Hbond substituents is 1. The molecule has 0 aliphatic rings. The van der Waals surface area contributed by atoms with Gasteiger partial charge in [-0.1, -0.05) is 0 Å². The van der Waals surface area contributed by atoms with E-state index in [-0.39, 0.29) is 17.0 Å². The number of aromatic nitrogens is 1. The quantitative estimate of drug-likeness (QED) is 0.572. The number of rotatable bonds is 2. The number of aromatic hydroxyl groups is 1. The van der Waals surface area contributed by atoms with Crippen LogP contribution >= 0.6 is 11.3 Å². The molecule has 0 radical (unpaired) electrons. The minimum absolute atomic E-state index is 0.103. The normalized spacial score (nSPS) is 11.5. The molecule has 1 N–H and O–H groups in total. The lowest BCUT2D eigenvalue weighted by molar-refractivity contribution is 0.474. The molecule has 3 aromatic rings. The Hall–Kier alpha value is -2.54. The Morgan fingerprint density at radius 3 is 2.81 bits per heavy atom.